The topological polar surface area (TPSA) is 46.1 Å². The highest BCUT2D eigenvalue weighted by atomic mass is 127. The van der Waals surface area contributed by atoms with Gasteiger partial charge in [-0.15, -0.1) is 24.0 Å². The minimum absolute atomic E-state index is 0. The molecule has 146 valence electrons. The summed E-state index contributed by atoms with van der Waals surface area (Å²) in [5, 5.41) is 3.80. The molecule has 6 heteroatoms. The highest BCUT2D eigenvalue weighted by Gasteiger charge is 2.57. The van der Waals surface area contributed by atoms with Gasteiger partial charge in [-0.05, 0) is 39.5 Å². The molecule has 2 aliphatic carbocycles. The molecular formula is C19H36IN3O2. The monoisotopic (exact) mass is 465 g/mol. The molecule has 5 nitrogen and oxygen atoms in total. The maximum absolute atomic E-state index is 6.05. The fourth-order valence-electron chi connectivity index (χ4n) is 4.87. The van der Waals surface area contributed by atoms with Gasteiger partial charge < -0.3 is 19.7 Å². The van der Waals surface area contributed by atoms with E-state index in [0.717, 1.165) is 45.3 Å². The summed E-state index contributed by atoms with van der Waals surface area (Å²) in [5.74, 6) is 1.70. The first kappa shape index (κ1) is 21.2. The van der Waals surface area contributed by atoms with E-state index in [1.165, 1.54) is 32.1 Å². The van der Waals surface area contributed by atoms with Crippen LogP contribution in [0.5, 0.6) is 0 Å². The maximum Gasteiger partial charge on any atom is 0.193 e. The molecule has 0 aromatic rings. The molecule has 3 aliphatic rings. The van der Waals surface area contributed by atoms with Crippen molar-refractivity contribution in [3.8, 4) is 0 Å². The van der Waals surface area contributed by atoms with Gasteiger partial charge in [-0.25, -0.2) is 0 Å². The molecule has 0 radical (unpaired) electrons. The molecule has 1 heterocycles. The second-order valence-corrected chi connectivity index (χ2v) is 7.72. The third-order valence-corrected chi connectivity index (χ3v) is 6.22. The van der Waals surface area contributed by atoms with Gasteiger partial charge in [0, 0.05) is 50.7 Å². The fraction of sp³-hybridized carbons (Fsp3) is 0.947. The van der Waals surface area contributed by atoms with Crippen LogP contribution in [0.3, 0.4) is 0 Å². The van der Waals surface area contributed by atoms with Gasteiger partial charge >= 0.3 is 0 Å². The summed E-state index contributed by atoms with van der Waals surface area (Å²) < 4.78 is 11.6. The number of ether oxygens (including phenoxy) is 2. The average molecular weight is 465 g/mol. The largest absolute Gasteiger partial charge is 0.381 e. The predicted octanol–water partition coefficient (Wildman–Crippen LogP) is 3.28. The number of hydrogen-bond donors (Lipinski definition) is 1. The van der Waals surface area contributed by atoms with Gasteiger partial charge in [-0.3, -0.25) is 4.99 Å². The van der Waals surface area contributed by atoms with Crippen LogP contribution in [0.25, 0.3) is 0 Å². The van der Waals surface area contributed by atoms with Crippen molar-refractivity contribution in [3.05, 3.63) is 0 Å². The highest BCUT2D eigenvalue weighted by Crippen LogP contribution is 2.54. The highest BCUT2D eigenvalue weighted by molar-refractivity contribution is 14.0. The van der Waals surface area contributed by atoms with Crippen LogP contribution in [0.1, 0.15) is 52.4 Å². The molecule has 0 amide bonds. The van der Waals surface area contributed by atoms with Gasteiger partial charge in [0.1, 0.15) is 0 Å². The number of guanidine groups is 1. The smallest absolute Gasteiger partial charge is 0.193 e. The van der Waals surface area contributed by atoms with E-state index in [2.05, 4.69) is 31.1 Å². The minimum Gasteiger partial charge on any atom is -0.381 e. The Morgan fingerprint density at radius 2 is 2.08 bits per heavy atom. The van der Waals surface area contributed by atoms with Crippen molar-refractivity contribution in [1.29, 1.82) is 0 Å². The summed E-state index contributed by atoms with van der Waals surface area (Å²) >= 11 is 0. The molecule has 0 bridgehead atoms. The first-order valence-corrected chi connectivity index (χ1v) is 9.91. The second-order valence-electron chi connectivity index (χ2n) is 7.72. The van der Waals surface area contributed by atoms with Gasteiger partial charge in [0.15, 0.2) is 5.96 Å². The number of hydrogen-bond acceptors (Lipinski definition) is 3. The molecule has 2 saturated carbocycles. The van der Waals surface area contributed by atoms with Crippen LogP contribution in [-0.2, 0) is 9.47 Å². The van der Waals surface area contributed by atoms with E-state index in [0.29, 0.717) is 23.5 Å². The molecule has 1 spiro atoms. The third-order valence-electron chi connectivity index (χ3n) is 6.22. The van der Waals surface area contributed by atoms with E-state index < -0.39 is 0 Å². The molecule has 0 aromatic heterocycles. The molecule has 3 rings (SSSR count). The van der Waals surface area contributed by atoms with E-state index in [1.54, 1.807) is 0 Å². The summed E-state index contributed by atoms with van der Waals surface area (Å²) in [7, 11) is 2.17. The SMILES string of the molecule is CCN=C(NC1CC(OCC)C12CCCC2)N(C)CC1CCOC1.I. The van der Waals surface area contributed by atoms with Crippen LogP contribution in [0.4, 0.5) is 0 Å². The lowest BCUT2D eigenvalue weighted by molar-refractivity contribution is -0.126. The molecule has 1 N–H and O–H groups in total. The van der Waals surface area contributed by atoms with Crippen LogP contribution in [-0.4, -0.2) is 63.0 Å². The minimum atomic E-state index is 0. The Balaban J connectivity index is 0.00000225. The molecule has 1 aliphatic heterocycles. The number of rotatable bonds is 6. The van der Waals surface area contributed by atoms with Crippen molar-refractivity contribution >= 4 is 29.9 Å². The molecule has 0 aromatic carbocycles. The van der Waals surface area contributed by atoms with E-state index in [4.69, 9.17) is 14.5 Å². The van der Waals surface area contributed by atoms with Gasteiger partial charge in [-0.2, -0.15) is 0 Å². The average Bonchev–Trinajstić information content (AvgIpc) is 3.25. The van der Waals surface area contributed by atoms with Crippen molar-refractivity contribution in [2.75, 3.05) is 40.0 Å². The quantitative estimate of drug-likeness (QED) is 0.372. The summed E-state index contributed by atoms with van der Waals surface area (Å²) in [5.41, 5.74) is 0.349. The van der Waals surface area contributed by atoms with Crippen LogP contribution in [0.15, 0.2) is 4.99 Å². The van der Waals surface area contributed by atoms with E-state index >= 15 is 0 Å². The summed E-state index contributed by atoms with van der Waals surface area (Å²) in [6.07, 6.45) is 8.03. The second kappa shape index (κ2) is 9.74. The maximum atomic E-state index is 6.05. The van der Waals surface area contributed by atoms with Gasteiger partial charge in [0.05, 0.1) is 12.7 Å². The lowest BCUT2D eigenvalue weighted by Crippen LogP contribution is -2.65. The molecular weight excluding hydrogens is 429 g/mol. The van der Waals surface area contributed by atoms with Crippen molar-refractivity contribution in [2.24, 2.45) is 16.3 Å². The van der Waals surface area contributed by atoms with Crippen LogP contribution < -0.4 is 5.32 Å². The summed E-state index contributed by atoms with van der Waals surface area (Å²) in [6.45, 7) is 8.71. The predicted molar refractivity (Wildman–Crippen MR) is 113 cm³/mol. The van der Waals surface area contributed by atoms with E-state index in [-0.39, 0.29) is 24.0 Å². The lowest BCUT2D eigenvalue weighted by Gasteiger charge is -2.54. The Kier molecular flexibility index (Phi) is 8.27. The van der Waals surface area contributed by atoms with Gasteiger partial charge in [0.2, 0.25) is 0 Å². The Morgan fingerprint density at radius 1 is 1.32 bits per heavy atom. The fourth-order valence-corrected chi connectivity index (χ4v) is 4.87. The first-order chi connectivity index (χ1) is 11.7. The number of nitrogens with one attached hydrogen (secondary N) is 1. The van der Waals surface area contributed by atoms with Crippen molar-refractivity contribution in [3.63, 3.8) is 0 Å². The van der Waals surface area contributed by atoms with Crippen LogP contribution in [0, 0.1) is 11.3 Å². The van der Waals surface area contributed by atoms with Crippen molar-refractivity contribution in [2.45, 2.75) is 64.5 Å². The zero-order valence-electron chi connectivity index (χ0n) is 16.1. The number of halogens is 1. The Morgan fingerprint density at radius 3 is 2.68 bits per heavy atom. The zero-order chi connectivity index (χ0) is 17.0. The Hall–Kier alpha value is -0.0800. The lowest BCUT2D eigenvalue weighted by atomic mass is 9.60. The number of nitrogens with zero attached hydrogens (tertiary/aromatic N) is 2. The number of aliphatic imine (C=N–C) groups is 1. The van der Waals surface area contributed by atoms with E-state index in [1.807, 2.05) is 0 Å². The summed E-state index contributed by atoms with van der Waals surface area (Å²) in [4.78, 5) is 7.07. The Bertz CT molecular complexity index is 434. The first-order valence-electron chi connectivity index (χ1n) is 9.91. The molecule has 3 fully saturated rings. The Labute approximate surface area is 170 Å². The molecule has 3 atom stereocenters. The zero-order valence-corrected chi connectivity index (χ0v) is 18.5. The standard InChI is InChI=1S/C19H35N3O2.HI/c1-4-20-18(22(3)13-15-8-11-23-14-15)21-16-12-17(24-5-2)19(16)9-6-7-10-19;/h15-17H,4-14H2,1-3H3,(H,20,21);1H. The van der Waals surface area contributed by atoms with Crippen molar-refractivity contribution in [1.82, 2.24) is 10.2 Å². The molecule has 25 heavy (non-hydrogen) atoms. The van der Waals surface area contributed by atoms with Gasteiger partial charge in [0.25, 0.3) is 0 Å². The van der Waals surface area contributed by atoms with Gasteiger partial charge in [-0.1, -0.05) is 12.8 Å². The summed E-state index contributed by atoms with van der Waals surface area (Å²) in [6, 6.07) is 0.518. The molecule has 3 unspecified atom stereocenters. The normalized spacial score (nSPS) is 30.8. The van der Waals surface area contributed by atoms with Crippen LogP contribution in [0.2, 0.25) is 0 Å². The van der Waals surface area contributed by atoms with Crippen molar-refractivity contribution < 1.29 is 9.47 Å². The van der Waals surface area contributed by atoms with E-state index in [9.17, 15) is 0 Å². The third kappa shape index (κ3) is 4.61. The van der Waals surface area contributed by atoms with Crippen LogP contribution >= 0.6 is 24.0 Å². The molecule has 1 saturated heterocycles.